The number of nitrogens with zero attached hydrogens (tertiary/aromatic N) is 2. The van der Waals surface area contributed by atoms with Gasteiger partial charge in [0.25, 0.3) is 11.8 Å². The van der Waals surface area contributed by atoms with Gasteiger partial charge < -0.3 is 18.9 Å². The first kappa shape index (κ1) is 30.9. The molecule has 2 aliphatic heterocycles. The number of imide groups is 1. The van der Waals surface area contributed by atoms with Crippen molar-refractivity contribution in [2.75, 3.05) is 6.61 Å². The Kier molecular flexibility index (Phi) is 8.86. The van der Waals surface area contributed by atoms with Crippen molar-refractivity contribution in [2.45, 2.75) is 30.5 Å². The molecule has 0 aliphatic carbocycles. The molecule has 11 nitrogen and oxygen atoms in total. The second-order valence-electron chi connectivity index (χ2n) is 10.7. The molecule has 1 saturated heterocycles. The first-order valence-electron chi connectivity index (χ1n) is 14.6. The Morgan fingerprint density at radius 2 is 1.06 bits per heavy atom. The van der Waals surface area contributed by atoms with E-state index in [1.165, 1.54) is 48.5 Å². The fraction of sp³-hybridized carbons (Fsp3) is 0.167. The number of esters is 3. The fourth-order valence-electron chi connectivity index (χ4n) is 5.55. The van der Waals surface area contributed by atoms with E-state index >= 15 is 0 Å². The number of amides is 2. The quantitative estimate of drug-likeness (QED) is 0.157. The Morgan fingerprint density at radius 3 is 1.53 bits per heavy atom. The monoisotopic (exact) mass is 630 g/mol. The molecule has 1 fully saturated rings. The lowest BCUT2D eigenvalue weighted by Crippen LogP contribution is -2.67. The minimum absolute atomic E-state index is 0.0825. The van der Waals surface area contributed by atoms with Crippen molar-refractivity contribution in [1.29, 1.82) is 5.26 Å². The molecule has 11 heteroatoms. The summed E-state index contributed by atoms with van der Waals surface area (Å²) in [6.45, 7) is -0.535. The summed E-state index contributed by atoms with van der Waals surface area (Å²) in [5, 5.41) is 10.3. The van der Waals surface area contributed by atoms with Gasteiger partial charge in [-0.1, -0.05) is 66.7 Å². The van der Waals surface area contributed by atoms with E-state index in [2.05, 4.69) is 0 Å². The lowest BCUT2D eigenvalue weighted by atomic mass is 9.91. The van der Waals surface area contributed by atoms with Crippen molar-refractivity contribution in [3.8, 4) is 6.07 Å². The minimum Gasteiger partial charge on any atom is -0.459 e. The van der Waals surface area contributed by atoms with Crippen LogP contribution >= 0.6 is 0 Å². The molecule has 0 unspecified atom stereocenters. The molecule has 0 N–H and O–H groups in total. The molecule has 5 atom stereocenters. The highest BCUT2D eigenvalue weighted by molar-refractivity contribution is 6.21. The van der Waals surface area contributed by atoms with Gasteiger partial charge in [-0.15, -0.1) is 0 Å². The molecule has 0 aromatic heterocycles. The summed E-state index contributed by atoms with van der Waals surface area (Å²) in [6.07, 6.45) is -6.13. The lowest BCUT2D eigenvalue weighted by molar-refractivity contribution is -0.192. The van der Waals surface area contributed by atoms with E-state index in [-0.39, 0.29) is 27.8 Å². The van der Waals surface area contributed by atoms with Gasteiger partial charge in [-0.3, -0.25) is 14.5 Å². The summed E-state index contributed by atoms with van der Waals surface area (Å²) in [5.41, 5.74) is 0.654. The van der Waals surface area contributed by atoms with Crippen molar-refractivity contribution in [2.24, 2.45) is 0 Å². The Labute approximate surface area is 268 Å². The SMILES string of the molecule is N#C[C@@H]1O[C@H](COC(=O)c2ccccc2)[C@@H](OC(=O)c2ccccc2)[C@H](OC(=O)c2ccccc2)[C@H]1N1C(=O)c2ccccc2C1=O. The average Bonchev–Trinajstić information content (AvgIpc) is 3.37. The molecular formula is C36H26N2O9. The normalized spacial score (nSPS) is 21.7. The van der Waals surface area contributed by atoms with E-state index in [0.29, 0.717) is 0 Å². The van der Waals surface area contributed by atoms with Crippen LogP contribution in [0.4, 0.5) is 0 Å². The number of carbonyl (C=O) groups is 5. The van der Waals surface area contributed by atoms with Crippen LogP contribution in [0.15, 0.2) is 115 Å². The maximum absolute atomic E-state index is 13.7. The molecule has 2 amide bonds. The van der Waals surface area contributed by atoms with E-state index in [0.717, 1.165) is 4.90 Å². The van der Waals surface area contributed by atoms with Gasteiger partial charge in [-0.25, -0.2) is 14.4 Å². The van der Waals surface area contributed by atoms with Crippen molar-refractivity contribution in [1.82, 2.24) is 4.90 Å². The first-order valence-corrected chi connectivity index (χ1v) is 14.6. The summed E-state index contributed by atoms with van der Waals surface area (Å²) >= 11 is 0. The number of carbonyl (C=O) groups excluding carboxylic acids is 5. The highest BCUT2D eigenvalue weighted by Crippen LogP contribution is 2.35. The third-order valence-electron chi connectivity index (χ3n) is 7.80. The standard InChI is InChI=1S/C36H26N2O9/c37-20-27-29(38-32(39)25-18-10-11-19-26(25)33(38)40)31(47-36(43)24-16-8-3-9-17-24)30(46-35(42)23-14-6-2-7-15-23)28(45-27)21-44-34(41)22-12-4-1-5-13-22/h1-19,27-31H,21H2/t27-,28+,29-,30+,31+/m0/s1. The minimum atomic E-state index is -1.63. The molecular weight excluding hydrogens is 604 g/mol. The molecule has 4 aromatic rings. The summed E-state index contributed by atoms with van der Waals surface area (Å²) in [6, 6.07) is 30.4. The smallest absolute Gasteiger partial charge is 0.338 e. The Morgan fingerprint density at radius 1 is 0.638 bits per heavy atom. The number of hydrogen-bond donors (Lipinski definition) is 0. The molecule has 2 heterocycles. The van der Waals surface area contributed by atoms with Crippen molar-refractivity contribution in [3.63, 3.8) is 0 Å². The molecule has 47 heavy (non-hydrogen) atoms. The number of rotatable bonds is 8. The van der Waals surface area contributed by atoms with Crippen LogP contribution in [-0.2, 0) is 18.9 Å². The van der Waals surface area contributed by atoms with E-state index in [9.17, 15) is 29.2 Å². The van der Waals surface area contributed by atoms with Crippen LogP contribution in [0.5, 0.6) is 0 Å². The predicted molar refractivity (Wildman–Crippen MR) is 163 cm³/mol. The first-order chi connectivity index (χ1) is 22.9. The highest BCUT2D eigenvalue weighted by Gasteiger charge is 2.57. The number of ether oxygens (including phenoxy) is 4. The summed E-state index contributed by atoms with van der Waals surface area (Å²) in [4.78, 5) is 68.1. The van der Waals surface area contributed by atoms with Crippen LogP contribution < -0.4 is 0 Å². The largest absolute Gasteiger partial charge is 0.459 e. The molecule has 6 rings (SSSR count). The number of fused-ring (bicyclic) bond motifs is 1. The van der Waals surface area contributed by atoms with Gasteiger partial charge in [0.2, 0.25) is 0 Å². The fourth-order valence-corrected chi connectivity index (χ4v) is 5.55. The zero-order valence-corrected chi connectivity index (χ0v) is 24.6. The Bertz CT molecular complexity index is 1820. The van der Waals surface area contributed by atoms with Crippen LogP contribution in [0, 0.1) is 11.3 Å². The van der Waals surface area contributed by atoms with E-state index in [4.69, 9.17) is 18.9 Å². The Hall–Kier alpha value is -6.12. The van der Waals surface area contributed by atoms with Crippen LogP contribution in [0.3, 0.4) is 0 Å². The molecule has 0 bridgehead atoms. The van der Waals surface area contributed by atoms with Crippen molar-refractivity contribution in [3.05, 3.63) is 143 Å². The second kappa shape index (κ2) is 13.5. The molecule has 234 valence electrons. The van der Waals surface area contributed by atoms with Gasteiger partial charge in [0, 0.05) is 0 Å². The second-order valence-corrected chi connectivity index (χ2v) is 10.7. The predicted octanol–water partition coefficient (Wildman–Crippen LogP) is 4.25. The van der Waals surface area contributed by atoms with E-state index < -0.39 is 66.8 Å². The third kappa shape index (κ3) is 6.22. The van der Waals surface area contributed by atoms with Crippen LogP contribution in [0.25, 0.3) is 0 Å². The van der Waals surface area contributed by atoms with Gasteiger partial charge in [0.05, 0.1) is 33.9 Å². The topological polar surface area (TPSA) is 149 Å². The van der Waals surface area contributed by atoms with Crippen LogP contribution in [-0.4, -0.2) is 71.7 Å². The van der Waals surface area contributed by atoms with Crippen LogP contribution in [0.2, 0.25) is 0 Å². The van der Waals surface area contributed by atoms with Gasteiger partial charge in [0.15, 0.2) is 18.3 Å². The maximum atomic E-state index is 13.7. The number of nitriles is 1. The van der Waals surface area contributed by atoms with E-state index in [1.54, 1.807) is 66.7 Å². The third-order valence-corrected chi connectivity index (χ3v) is 7.80. The lowest BCUT2D eigenvalue weighted by Gasteiger charge is -2.45. The number of hydrogen-bond acceptors (Lipinski definition) is 10. The Balaban J connectivity index is 1.41. The van der Waals surface area contributed by atoms with Crippen molar-refractivity contribution < 1.29 is 42.9 Å². The molecule has 0 saturated carbocycles. The maximum Gasteiger partial charge on any atom is 0.338 e. The summed E-state index contributed by atoms with van der Waals surface area (Å²) < 4.78 is 23.5. The van der Waals surface area contributed by atoms with E-state index in [1.807, 2.05) is 6.07 Å². The highest BCUT2D eigenvalue weighted by atomic mass is 16.6. The van der Waals surface area contributed by atoms with Gasteiger partial charge in [0.1, 0.15) is 18.8 Å². The molecule has 2 aliphatic rings. The zero-order chi connectivity index (χ0) is 32.9. The van der Waals surface area contributed by atoms with Gasteiger partial charge in [-0.05, 0) is 48.5 Å². The molecule has 0 spiro atoms. The van der Waals surface area contributed by atoms with Gasteiger partial charge >= 0.3 is 17.9 Å². The van der Waals surface area contributed by atoms with Crippen LogP contribution in [0.1, 0.15) is 51.8 Å². The molecule has 4 aromatic carbocycles. The van der Waals surface area contributed by atoms with Gasteiger partial charge in [-0.2, -0.15) is 5.26 Å². The summed E-state index contributed by atoms with van der Waals surface area (Å²) in [7, 11) is 0. The van der Waals surface area contributed by atoms with Crippen molar-refractivity contribution >= 4 is 29.7 Å². The number of benzene rings is 4. The summed E-state index contributed by atoms with van der Waals surface area (Å²) in [5.74, 6) is -3.95. The molecule has 0 radical (unpaired) electrons. The average molecular weight is 631 g/mol. The zero-order valence-electron chi connectivity index (χ0n) is 24.6.